The molecular formula is C26H35O5S+. The second kappa shape index (κ2) is 11.1. The smallest absolute Gasteiger partial charge is 0.215 e. The molecule has 1 aliphatic rings. The SMILES string of the molecule is CCOc1ccc(Oc2ccc(C(=O)C([S+]3CCOCC3)C(C)(C)C)cc2)c(OCC)c1. The maximum absolute atomic E-state index is 13.5. The van der Waals surface area contributed by atoms with Crippen LogP contribution in [0.2, 0.25) is 0 Å². The molecule has 1 heterocycles. The Morgan fingerprint density at radius 3 is 2.16 bits per heavy atom. The van der Waals surface area contributed by atoms with Gasteiger partial charge in [0.2, 0.25) is 5.78 Å². The van der Waals surface area contributed by atoms with Gasteiger partial charge in [0.15, 0.2) is 16.7 Å². The van der Waals surface area contributed by atoms with Gasteiger partial charge in [-0.15, -0.1) is 0 Å². The van der Waals surface area contributed by atoms with Crippen LogP contribution in [0.3, 0.4) is 0 Å². The van der Waals surface area contributed by atoms with Gasteiger partial charge in [-0.25, -0.2) is 0 Å². The molecule has 2 aromatic rings. The van der Waals surface area contributed by atoms with E-state index in [-0.39, 0.29) is 27.3 Å². The third-order valence-electron chi connectivity index (χ3n) is 5.23. The Morgan fingerprint density at radius 2 is 1.56 bits per heavy atom. The summed E-state index contributed by atoms with van der Waals surface area (Å²) in [6.45, 7) is 13.0. The van der Waals surface area contributed by atoms with E-state index in [1.165, 1.54) is 0 Å². The van der Waals surface area contributed by atoms with Crippen LogP contribution < -0.4 is 14.2 Å². The molecule has 1 saturated heterocycles. The molecule has 32 heavy (non-hydrogen) atoms. The van der Waals surface area contributed by atoms with Gasteiger partial charge in [-0.1, -0.05) is 20.8 Å². The van der Waals surface area contributed by atoms with Crippen LogP contribution in [-0.4, -0.2) is 49.0 Å². The fourth-order valence-electron chi connectivity index (χ4n) is 3.88. The number of carbonyl (C=O) groups is 1. The Kier molecular flexibility index (Phi) is 8.49. The lowest BCUT2D eigenvalue weighted by atomic mass is 9.87. The van der Waals surface area contributed by atoms with Gasteiger partial charge in [0.25, 0.3) is 0 Å². The predicted molar refractivity (Wildman–Crippen MR) is 131 cm³/mol. The molecule has 2 aromatic carbocycles. The Bertz CT molecular complexity index is 882. The molecule has 6 heteroatoms. The molecule has 1 unspecified atom stereocenters. The molecule has 0 spiro atoms. The van der Waals surface area contributed by atoms with Gasteiger partial charge in [0, 0.05) is 27.9 Å². The van der Waals surface area contributed by atoms with Gasteiger partial charge in [0.05, 0.1) is 26.4 Å². The van der Waals surface area contributed by atoms with Crippen LogP contribution in [0.4, 0.5) is 0 Å². The first-order chi connectivity index (χ1) is 15.3. The molecule has 3 rings (SSSR count). The van der Waals surface area contributed by atoms with Crippen LogP contribution in [0.1, 0.15) is 45.0 Å². The summed E-state index contributed by atoms with van der Waals surface area (Å²) in [7, 11) is 0.0368. The molecule has 174 valence electrons. The third-order valence-corrected chi connectivity index (χ3v) is 8.20. The van der Waals surface area contributed by atoms with Crippen LogP contribution in [0, 0.1) is 5.41 Å². The molecule has 0 aliphatic carbocycles. The van der Waals surface area contributed by atoms with Gasteiger partial charge >= 0.3 is 0 Å². The quantitative estimate of drug-likeness (QED) is 0.365. The zero-order chi connectivity index (χ0) is 23.1. The molecular weight excluding hydrogens is 424 g/mol. The minimum absolute atomic E-state index is 0.00571. The van der Waals surface area contributed by atoms with E-state index in [0.717, 1.165) is 36.0 Å². The predicted octanol–water partition coefficient (Wildman–Crippen LogP) is 5.52. The summed E-state index contributed by atoms with van der Waals surface area (Å²) in [4.78, 5) is 13.5. The lowest BCUT2D eigenvalue weighted by Crippen LogP contribution is -2.47. The number of Topliss-reactive ketones (excluding diaryl/α,β-unsaturated/α-hetero) is 1. The highest BCUT2D eigenvalue weighted by atomic mass is 32.2. The minimum atomic E-state index is -0.0958. The van der Waals surface area contributed by atoms with Gasteiger partial charge in [-0.05, 0) is 50.2 Å². The molecule has 0 saturated carbocycles. The van der Waals surface area contributed by atoms with Crippen LogP contribution in [-0.2, 0) is 15.6 Å². The van der Waals surface area contributed by atoms with E-state index in [1.807, 2.05) is 56.3 Å². The minimum Gasteiger partial charge on any atom is -0.494 e. The average Bonchev–Trinajstić information content (AvgIpc) is 2.76. The Morgan fingerprint density at radius 1 is 0.938 bits per heavy atom. The molecule has 1 atom stereocenters. The monoisotopic (exact) mass is 459 g/mol. The highest BCUT2D eigenvalue weighted by Gasteiger charge is 2.46. The number of benzene rings is 2. The second-order valence-electron chi connectivity index (χ2n) is 8.77. The van der Waals surface area contributed by atoms with Crippen molar-refractivity contribution in [2.45, 2.75) is 39.9 Å². The number of ketones is 1. The maximum Gasteiger partial charge on any atom is 0.215 e. The van der Waals surface area contributed by atoms with Crippen molar-refractivity contribution in [1.82, 2.24) is 0 Å². The molecule has 0 N–H and O–H groups in total. The van der Waals surface area contributed by atoms with Crippen LogP contribution in [0.15, 0.2) is 42.5 Å². The van der Waals surface area contributed by atoms with E-state index < -0.39 is 0 Å². The molecule has 5 nitrogen and oxygen atoms in total. The summed E-state index contributed by atoms with van der Waals surface area (Å²) >= 11 is 0. The van der Waals surface area contributed by atoms with E-state index in [9.17, 15) is 4.79 Å². The van der Waals surface area contributed by atoms with Crippen molar-refractivity contribution in [1.29, 1.82) is 0 Å². The highest BCUT2D eigenvalue weighted by Crippen LogP contribution is 2.36. The summed E-state index contributed by atoms with van der Waals surface area (Å²) in [5, 5.41) is -0.00571. The van der Waals surface area contributed by atoms with Crippen molar-refractivity contribution in [3.63, 3.8) is 0 Å². The van der Waals surface area contributed by atoms with Crippen molar-refractivity contribution in [2.24, 2.45) is 5.41 Å². The summed E-state index contributed by atoms with van der Waals surface area (Å²) in [5.74, 6) is 4.79. The first-order valence-corrected chi connectivity index (χ1v) is 12.9. The normalized spacial score (nSPS) is 15.8. The van der Waals surface area contributed by atoms with Crippen LogP contribution >= 0.6 is 0 Å². The molecule has 0 bridgehead atoms. The summed E-state index contributed by atoms with van der Waals surface area (Å²) in [5.41, 5.74) is 0.634. The fraction of sp³-hybridized carbons (Fsp3) is 0.500. The molecule has 0 radical (unpaired) electrons. The van der Waals surface area contributed by atoms with Crippen LogP contribution in [0.5, 0.6) is 23.0 Å². The van der Waals surface area contributed by atoms with Crippen LogP contribution in [0.25, 0.3) is 0 Å². The second-order valence-corrected chi connectivity index (χ2v) is 11.1. The lowest BCUT2D eigenvalue weighted by molar-refractivity contribution is 0.0946. The molecule has 1 aliphatic heterocycles. The highest BCUT2D eigenvalue weighted by molar-refractivity contribution is 7.98. The summed E-state index contributed by atoms with van der Waals surface area (Å²) in [6.07, 6.45) is 0. The van der Waals surface area contributed by atoms with E-state index in [4.69, 9.17) is 18.9 Å². The third kappa shape index (κ3) is 6.20. The van der Waals surface area contributed by atoms with Crippen molar-refractivity contribution >= 4 is 16.7 Å². The summed E-state index contributed by atoms with van der Waals surface area (Å²) < 4.78 is 22.9. The Hall–Kier alpha value is -2.18. The Labute approximate surface area is 194 Å². The fourth-order valence-corrected chi connectivity index (χ4v) is 6.66. The maximum atomic E-state index is 13.5. The van der Waals surface area contributed by atoms with E-state index in [1.54, 1.807) is 0 Å². The molecule has 0 aromatic heterocycles. The van der Waals surface area contributed by atoms with Gasteiger partial charge in [-0.2, -0.15) is 0 Å². The zero-order valence-electron chi connectivity index (χ0n) is 19.8. The molecule has 0 amide bonds. The van der Waals surface area contributed by atoms with E-state index in [0.29, 0.717) is 30.5 Å². The summed E-state index contributed by atoms with van der Waals surface area (Å²) in [6, 6.07) is 13.0. The first-order valence-electron chi connectivity index (χ1n) is 11.3. The number of ether oxygens (including phenoxy) is 4. The first kappa shape index (κ1) is 24.5. The van der Waals surface area contributed by atoms with Crippen molar-refractivity contribution in [3.8, 4) is 23.0 Å². The van der Waals surface area contributed by atoms with Crippen molar-refractivity contribution in [2.75, 3.05) is 37.9 Å². The van der Waals surface area contributed by atoms with Gasteiger partial charge in [-0.3, -0.25) is 4.79 Å². The van der Waals surface area contributed by atoms with Crippen molar-refractivity contribution in [3.05, 3.63) is 48.0 Å². The Balaban J connectivity index is 1.77. The number of hydrogen-bond donors (Lipinski definition) is 0. The number of carbonyl (C=O) groups excluding carboxylic acids is 1. The van der Waals surface area contributed by atoms with Crippen molar-refractivity contribution < 1.29 is 23.7 Å². The molecule has 1 fully saturated rings. The standard InChI is InChI=1S/C26H35O5S/c1-6-29-21-12-13-22(23(18-21)30-7-2)31-20-10-8-19(9-11-20)24(27)25(26(3,4)5)32-16-14-28-15-17-32/h8-13,18,25H,6-7,14-17H2,1-5H3/q+1. The van der Waals surface area contributed by atoms with E-state index >= 15 is 0 Å². The average molecular weight is 460 g/mol. The lowest BCUT2D eigenvalue weighted by Gasteiger charge is -2.31. The largest absolute Gasteiger partial charge is 0.494 e. The van der Waals surface area contributed by atoms with E-state index in [2.05, 4.69) is 20.8 Å². The number of rotatable bonds is 9. The topological polar surface area (TPSA) is 54.0 Å². The van der Waals surface area contributed by atoms with Gasteiger partial charge in [0.1, 0.15) is 23.0 Å². The van der Waals surface area contributed by atoms with Gasteiger partial charge < -0.3 is 18.9 Å². The zero-order valence-corrected chi connectivity index (χ0v) is 20.6. The number of hydrogen-bond acceptors (Lipinski definition) is 5.